The van der Waals surface area contributed by atoms with E-state index in [2.05, 4.69) is 32.0 Å². The van der Waals surface area contributed by atoms with Gasteiger partial charge in [0.15, 0.2) is 11.7 Å². The molecule has 7 heteroatoms. The Hall–Kier alpha value is -2.67. The van der Waals surface area contributed by atoms with Crippen molar-refractivity contribution in [3.8, 4) is 11.3 Å². The maximum Gasteiger partial charge on any atom is 0.266 e. The molecule has 0 aliphatic carbocycles. The lowest BCUT2D eigenvalue weighted by molar-refractivity contribution is 0.308. The van der Waals surface area contributed by atoms with Gasteiger partial charge in [-0.2, -0.15) is 4.98 Å². The molecule has 1 aliphatic rings. The molecule has 1 fully saturated rings. The topological polar surface area (TPSA) is 71.4 Å². The quantitative estimate of drug-likeness (QED) is 0.706. The zero-order chi connectivity index (χ0) is 17.1. The summed E-state index contributed by atoms with van der Waals surface area (Å²) in [4.78, 5) is 13.3. The minimum atomic E-state index is 0.619. The number of hydrogen-bond donors (Lipinski definition) is 0. The molecule has 0 atom stereocenters. The Balaban J connectivity index is 1.35. The summed E-state index contributed by atoms with van der Waals surface area (Å²) in [5, 5.41) is 4.10. The molecule has 0 amide bonds. The number of aromatic nitrogens is 3. The first kappa shape index (κ1) is 15.8. The first-order valence-corrected chi connectivity index (χ1v) is 8.54. The Kier molecular flexibility index (Phi) is 4.47. The van der Waals surface area contributed by atoms with Crippen molar-refractivity contribution < 1.29 is 8.94 Å². The summed E-state index contributed by atoms with van der Waals surface area (Å²) >= 11 is 0. The fraction of sp³-hybridized carbons (Fsp3) is 0.389. The molecule has 0 unspecified atom stereocenters. The van der Waals surface area contributed by atoms with Crippen LogP contribution >= 0.6 is 0 Å². The lowest BCUT2D eigenvalue weighted by Gasteiger charge is -2.31. The molecule has 0 bridgehead atoms. The lowest BCUT2D eigenvalue weighted by Crippen LogP contribution is -2.44. The average molecular weight is 339 g/mol. The van der Waals surface area contributed by atoms with Crippen LogP contribution in [0.4, 0.5) is 5.95 Å². The molecule has 1 aliphatic heterocycles. The Bertz CT molecular complexity index is 806. The molecule has 0 saturated carbocycles. The number of likely N-dealkylation sites (N-methyl/N-ethyl adjacent to an activating group) is 1. The van der Waals surface area contributed by atoms with Crippen LogP contribution in [-0.4, -0.2) is 53.3 Å². The number of hydrogen-bond acceptors (Lipinski definition) is 7. The Morgan fingerprint density at radius 1 is 1.00 bits per heavy atom. The van der Waals surface area contributed by atoms with E-state index in [1.165, 1.54) is 0 Å². The van der Waals surface area contributed by atoms with E-state index in [4.69, 9.17) is 8.94 Å². The van der Waals surface area contributed by atoms with Crippen LogP contribution in [0.2, 0.25) is 0 Å². The number of anilines is 1. The molecule has 130 valence electrons. The largest absolute Gasteiger partial charge is 0.441 e. The van der Waals surface area contributed by atoms with E-state index >= 15 is 0 Å². The third-order valence-corrected chi connectivity index (χ3v) is 4.41. The minimum absolute atomic E-state index is 0.619. The highest BCUT2D eigenvalue weighted by molar-refractivity contribution is 5.55. The van der Waals surface area contributed by atoms with Gasteiger partial charge in [-0.1, -0.05) is 30.3 Å². The minimum Gasteiger partial charge on any atom is -0.441 e. The van der Waals surface area contributed by atoms with Crippen molar-refractivity contribution >= 4 is 5.95 Å². The van der Waals surface area contributed by atoms with Gasteiger partial charge in [-0.3, -0.25) is 0 Å². The zero-order valence-corrected chi connectivity index (χ0v) is 14.3. The van der Waals surface area contributed by atoms with Crippen molar-refractivity contribution in [2.75, 3.05) is 38.1 Å². The summed E-state index contributed by atoms with van der Waals surface area (Å²) < 4.78 is 11.2. The molecule has 0 spiro atoms. The van der Waals surface area contributed by atoms with E-state index in [9.17, 15) is 0 Å². The number of rotatable bonds is 5. The highest BCUT2D eigenvalue weighted by atomic mass is 16.5. The van der Waals surface area contributed by atoms with E-state index in [-0.39, 0.29) is 0 Å². The van der Waals surface area contributed by atoms with Crippen LogP contribution in [0.5, 0.6) is 0 Å². The smallest absolute Gasteiger partial charge is 0.266 e. The second-order valence-corrected chi connectivity index (χ2v) is 6.26. The van der Waals surface area contributed by atoms with Gasteiger partial charge in [-0.05, 0) is 12.2 Å². The van der Waals surface area contributed by atoms with Crippen molar-refractivity contribution in [3.63, 3.8) is 0 Å². The van der Waals surface area contributed by atoms with Crippen LogP contribution in [0.1, 0.15) is 11.8 Å². The standard InChI is InChI=1S/C18H21N5O2/c1-22-9-11-23(12-10-22)18-20-17(25-21-18)8-7-16-19-13-15(24-16)14-5-3-2-4-6-14/h2-6,13H,7-12H2,1H3. The van der Waals surface area contributed by atoms with Crippen molar-refractivity contribution in [3.05, 3.63) is 48.3 Å². The second-order valence-electron chi connectivity index (χ2n) is 6.26. The van der Waals surface area contributed by atoms with Gasteiger partial charge in [0.25, 0.3) is 5.95 Å². The summed E-state index contributed by atoms with van der Waals surface area (Å²) in [5.41, 5.74) is 1.02. The van der Waals surface area contributed by atoms with Gasteiger partial charge in [0, 0.05) is 44.6 Å². The van der Waals surface area contributed by atoms with E-state index < -0.39 is 0 Å². The Morgan fingerprint density at radius 2 is 1.76 bits per heavy atom. The van der Waals surface area contributed by atoms with E-state index in [0.29, 0.717) is 30.6 Å². The summed E-state index contributed by atoms with van der Waals surface area (Å²) in [6, 6.07) is 9.95. The van der Waals surface area contributed by atoms with E-state index in [1.807, 2.05) is 30.3 Å². The SMILES string of the molecule is CN1CCN(c2noc(CCc3ncc(-c4ccccc4)o3)n2)CC1. The van der Waals surface area contributed by atoms with Gasteiger partial charge in [-0.15, -0.1) is 0 Å². The third-order valence-electron chi connectivity index (χ3n) is 4.41. The number of piperazine rings is 1. The van der Waals surface area contributed by atoms with Crippen LogP contribution in [0, 0.1) is 0 Å². The van der Waals surface area contributed by atoms with Gasteiger partial charge in [0.1, 0.15) is 0 Å². The van der Waals surface area contributed by atoms with Crippen molar-refractivity contribution in [2.24, 2.45) is 0 Å². The van der Waals surface area contributed by atoms with Crippen LogP contribution in [-0.2, 0) is 12.8 Å². The summed E-state index contributed by atoms with van der Waals surface area (Å²) in [5.74, 6) is 2.76. The maximum atomic E-state index is 5.81. The zero-order valence-electron chi connectivity index (χ0n) is 14.3. The molecular weight excluding hydrogens is 318 g/mol. The molecule has 0 N–H and O–H groups in total. The normalized spacial score (nSPS) is 15.6. The first-order valence-electron chi connectivity index (χ1n) is 8.54. The number of nitrogens with zero attached hydrogens (tertiary/aromatic N) is 5. The van der Waals surface area contributed by atoms with Gasteiger partial charge >= 0.3 is 0 Å². The monoisotopic (exact) mass is 339 g/mol. The molecular formula is C18H21N5O2. The fourth-order valence-electron chi connectivity index (χ4n) is 2.86. The van der Waals surface area contributed by atoms with Gasteiger partial charge in [0.05, 0.1) is 6.20 Å². The van der Waals surface area contributed by atoms with Crippen molar-refractivity contribution in [1.29, 1.82) is 0 Å². The molecule has 1 aromatic carbocycles. The maximum absolute atomic E-state index is 5.81. The highest BCUT2D eigenvalue weighted by Gasteiger charge is 2.19. The molecule has 3 aromatic rings. The van der Waals surface area contributed by atoms with Gasteiger partial charge in [0.2, 0.25) is 5.89 Å². The molecule has 4 rings (SSSR count). The average Bonchev–Trinajstić information content (AvgIpc) is 3.31. The van der Waals surface area contributed by atoms with E-state index in [1.54, 1.807) is 6.20 Å². The summed E-state index contributed by atoms with van der Waals surface area (Å²) in [6.45, 7) is 3.89. The first-order chi connectivity index (χ1) is 12.3. The molecule has 0 radical (unpaired) electrons. The van der Waals surface area contributed by atoms with Crippen molar-refractivity contribution in [2.45, 2.75) is 12.8 Å². The number of oxazole rings is 1. The van der Waals surface area contributed by atoms with Gasteiger partial charge in [-0.25, -0.2) is 4.98 Å². The highest BCUT2D eigenvalue weighted by Crippen LogP contribution is 2.20. The third kappa shape index (κ3) is 3.71. The predicted molar refractivity (Wildman–Crippen MR) is 93.4 cm³/mol. The van der Waals surface area contributed by atoms with Crippen LogP contribution in [0.25, 0.3) is 11.3 Å². The number of benzene rings is 1. The van der Waals surface area contributed by atoms with Gasteiger partial charge < -0.3 is 18.7 Å². The molecule has 1 saturated heterocycles. The van der Waals surface area contributed by atoms with Crippen LogP contribution in [0.15, 0.2) is 45.5 Å². The fourth-order valence-corrected chi connectivity index (χ4v) is 2.86. The molecule has 2 aromatic heterocycles. The number of aryl methyl sites for hydroxylation is 2. The Morgan fingerprint density at radius 3 is 2.56 bits per heavy atom. The van der Waals surface area contributed by atoms with Crippen LogP contribution in [0.3, 0.4) is 0 Å². The molecule has 3 heterocycles. The van der Waals surface area contributed by atoms with Crippen LogP contribution < -0.4 is 4.90 Å². The molecule has 7 nitrogen and oxygen atoms in total. The van der Waals surface area contributed by atoms with E-state index in [0.717, 1.165) is 37.5 Å². The second kappa shape index (κ2) is 7.06. The predicted octanol–water partition coefficient (Wildman–Crippen LogP) is 2.26. The summed E-state index contributed by atoms with van der Waals surface area (Å²) in [6.07, 6.45) is 3.01. The lowest BCUT2D eigenvalue weighted by atomic mass is 10.2. The molecule has 25 heavy (non-hydrogen) atoms. The Labute approximate surface area is 146 Å². The van der Waals surface area contributed by atoms with Crippen molar-refractivity contribution in [1.82, 2.24) is 20.0 Å². The summed E-state index contributed by atoms with van der Waals surface area (Å²) in [7, 11) is 2.12.